The first kappa shape index (κ1) is 21.1. The van der Waals surface area contributed by atoms with Crippen LogP contribution in [0.5, 0.6) is 0 Å². The molecule has 4 rings (SSSR count). The van der Waals surface area contributed by atoms with Gasteiger partial charge >= 0.3 is 0 Å². The maximum atomic E-state index is 6.38. The summed E-state index contributed by atoms with van der Waals surface area (Å²) in [4.78, 5) is 4.79. The highest BCUT2D eigenvalue weighted by Gasteiger charge is 2.17. The molecule has 0 fully saturated rings. The highest BCUT2D eigenvalue weighted by molar-refractivity contribution is 7.98. The molecule has 0 unspecified atom stereocenters. The lowest BCUT2D eigenvalue weighted by Crippen LogP contribution is -2.01. The number of rotatable bonds is 7. The molecular weight excluding hydrogens is 455 g/mol. The van der Waals surface area contributed by atoms with Crippen LogP contribution in [0.25, 0.3) is 22.0 Å². The van der Waals surface area contributed by atoms with Crippen LogP contribution in [-0.4, -0.2) is 19.7 Å². The second-order valence-electron chi connectivity index (χ2n) is 6.63. The van der Waals surface area contributed by atoms with Crippen LogP contribution in [0, 0.1) is 6.92 Å². The first-order chi connectivity index (χ1) is 14.5. The number of aryl methyl sites for hydroxylation is 1. The largest absolute Gasteiger partial charge is 0.298 e. The van der Waals surface area contributed by atoms with E-state index in [0.717, 1.165) is 27.0 Å². The zero-order valence-electron chi connectivity index (χ0n) is 16.2. The molecule has 30 heavy (non-hydrogen) atoms. The molecule has 0 saturated heterocycles. The van der Waals surface area contributed by atoms with Gasteiger partial charge in [-0.05, 0) is 31.2 Å². The van der Waals surface area contributed by atoms with Crippen LogP contribution in [0.3, 0.4) is 0 Å². The van der Waals surface area contributed by atoms with Gasteiger partial charge < -0.3 is 0 Å². The van der Waals surface area contributed by atoms with Crippen molar-refractivity contribution in [3.8, 4) is 22.0 Å². The van der Waals surface area contributed by atoms with Crippen LogP contribution in [0.1, 0.15) is 11.3 Å². The number of halogens is 2. The van der Waals surface area contributed by atoms with E-state index in [1.165, 1.54) is 5.56 Å². The molecule has 2 heterocycles. The molecule has 0 aliphatic heterocycles. The van der Waals surface area contributed by atoms with Gasteiger partial charge in [0.2, 0.25) is 0 Å². The first-order valence-electron chi connectivity index (χ1n) is 9.19. The summed E-state index contributed by atoms with van der Waals surface area (Å²) in [6.45, 7) is 6.53. The maximum Gasteiger partial charge on any atom is 0.192 e. The summed E-state index contributed by atoms with van der Waals surface area (Å²) in [5, 5.41) is 13.8. The quantitative estimate of drug-likeness (QED) is 0.211. The zero-order chi connectivity index (χ0) is 21.1. The number of allylic oxidation sites excluding steroid dienone is 1. The van der Waals surface area contributed by atoms with Gasteiger partial charge in [-0.25, -0.2) is 4.98 Å². The Morgan fingerprint density at radius 2 is 2.03 bits per heavy atom. The topological polar surface area (TPSA) is 43.6 Å². The van der Waals surface area contributed by atoms with Crippen LogP contribution in [0.2, 0.25) is 10.0 Å². The van der Waals surface area contributed by atoms with Crippen molar-refractivity contribution in [2.24, 2.45) is 0 Å². The van der Waals surface area contributed by atoms with Gasteiger partial charge in [-0.1, -0.05) is 64.8 Å². The van der Waals surface area contributed by atoms with Crippen molar-refractivity contribution in [2.75, 3.05) is 0 Å². The molecule has 0 spiro atoms. The highest BCUT2D eigenvalue weighted by Crippen LogP contribution is 2.33. The lowest BCUT2D eigenvalue weighted by atomic mass is 10.1. The molecule has 0 aliphatic rings. The van der Waals surface area contributed by atoms with Gasteiger partial charge in [-0.15, -0.1) is 28.1 Å². The molecular formula is C22H18Cl2N4S2. The normalized spacial score (nSPS) is 11.0. The smallest absolute Gasteiger partial charge is 0.192 e. The third-order valence-corrected chi connectivity index (χ3v) is 6.85. The lowest BCUT2D eigenvalue weighted by Gasteiger charge is -2.08. The van der Waals surface area contributed by atoms with E-state index < -0.39 is 0 Å². The lowest BCUT2D eigenvalue weighted by molar-refractivity contribution is 0.731. The van der Waals surface area contributed by atoms with Gasteiger partial charge in [-0.3, -0.25) is 4.57 Å². The minimum atomic E-state index is 0.541. The van der Waals surface area contributed by atoms with Crippen LogP contribution in [0.15, 0.2) is 65.7 Å². The highest BCUT2D eigenvalue weighted by atomic mass is 35.5. The first-order valence-corrected chi connectivity index (χ1v) is 11.8. The molecule has 0 N–H and O–H groups in total. The van der Waals surface area contributed by atoms with E-state index in [1.54, 1.807) is 35.2 Å². The van der Waals surface area contributed by atoms with Crippen molar-refractivity contribution in [3.05, 3.63) is 81.8 Å². The van der Waals surface area contributed by atoms with Gasteiger partial charge in [0.05, 0.1) is 10.7 Å². The summed E-state index contributed by atoms with van der Waals surface area (Å²) in [6.07, 6.45) is 1.82. The third-order valence-electron chi connectivity index (χ3n) is 4.37. The molecule has 0 amide bonds. The van der Waals surface area contributed by atoms with Crippen LogP contribution < -0.4 is 0 Å². The fraction of sp³-hybridized carbons (Fsp3) is 0.136. The molecule has 0 radical (unpaired) electrons. The van der Waals surface area contributed by atoms with Crippen molar-refractivity contribution in [1.29, 1.82) is 0 Å². The fourth-order valence-corrected chi connectivity index (χ4v) is 5.24. The molecule has 0 aliphatic carbocycles. The predicted molar refractivity (Wildman–Crippen MR) is 128 cm³/mol. The number of aromatic nitrogens is 4. The van der Waals surface area contributed by atoms with E-state index in [4.69, 9.17) is 28.2 Å². The van der Waals surface area contributed by atoms with Crippen molar-refractivity contribution in [1.82, 2.24) is 19.7 Å². The summed E-state index contributed by atoms with van der Waals surface area (Å²) in [5.41, 5.74) is 4.17. The van der Waals surface area contributed by atoms with E-state index in [0.29, 0.717) is 28.2 Å². The van der Waals surface area contributed by atoms with E-state index >= 15 is 0 Å². The Morgan fingerprint density at radius 1 is 1.17 bits per heavy atom. The molecule has 0 bridgehead atoms. The summed E-state index contributed by atoms with van der Waals surface area (Å²) in [7, 11) is 0. The van der Waals surface area contributed by atoms with Crippen LogP contribution in [0.4, 0.5) is 0 Å². The molecule has 0 saturated carbocycles. The average Bonchev–Trinajstić information content (AvgIpc) is 3.34. The number of hydrogen-bond donors (Lipinski definition) is 0. The van der Waals surface area contributed by atoms with Crippen molar-refractivity contribution >= 4 is 46.3 Å². The van der Waals surface area contributed by atoms with Crippen molar-refractivity contribution < 1.29 is 0 Å². The minimum Gasteiger partial charge on any atom is -0.298 e. The van der Waals surface area contributed by atoms with Crippen molar-refractivity contribution in [2.45, 2.75) is 24.4 Å². The standard InChI is InChI=1S/C22H18Cl2N4S2/c1-3-9-28-20(18-8-7-16(23)11-19(18)24)26-27-22(28)30-13-17-12-29-21(25-17)15-6-4-5-14(2)10-15/h3-8,10-12H,1,9,13H2,2H3. The SMILES string of the molecule is C=CCn1c(SCc2csc(-c3cccc(C)c3)n2)nnc1-c1ccc(Cl)cc1Cl. The Kier molecular flexibility index (Phi) is 6.58. The summed E-state index contributed by atoms with van der Waals surface area (Å²) in [6, 6.07) is 13.7. The van der Waals surface area contributed by atoms with E-state index in [-0.39, 0.29) is 0 Å². The van der Waals surface area contributed by atoms with Gasteiger partial charge in [-0.2, -0.15) is 0 Å². The van der Waals surface area contributed by atoms with Crippen LogP contribution in [-0.2, 0) is 12.3 Å². The number of hydrogen-bond acceptors (Lipinski definition) is 5. The second kappa shape index (κ2) is 9.35. The van der Waals surface area contributed by atoms with E-state index in [1.807, 2.05) is 16.7 Å². The number of thiazole rings is 1. The molecule has 4 nitrogen and oxygen atoms in total. The summed E-state index contributed by atoms with van der Waals surface area (Å²) >= 11 is 15.7. The molecule has 152 valence electrons. The van der Waals surface area contributed by atoms with Crippen LogP contribution >= 0.6 is 46.3 Å². The average molecular weight is 473 g/mol. The van der Waals surface area contributed by atoms with E-state index in [9.17, 15) is 0 Å². The molecule has 0 atom stereocenters. The summed E-state index contributed by atoms with van der Waals surface area (Å²) < 4.78 is 2.00. The number of benzene rings is 2. The summed E-state index contributed by atoms with van der Waals surface area (Å²) in [5.74, 6) is 1.39. The van der Waals surface area contributed by atoms with Gasteiger partial charge in [0.1, 0.15) is 5.01 Å². The van der Waals surface area contributed by atoms with E-state index in [2.05, 4.69) is 53.3 Å². The Morgan fingerprint density at radius 3 is 2.80 bits per heavy atom. The second-order valence-corrected chi connectivity index (χ2v) is 9.28. The van der Waals surface area contributed by atoms with Crippen molar-refractivity contribution in [3.63, 3.8) is 0 Å². The molecule has 2 aromatic carbocycles. The number of thioether (sulfide) groups is 1. The minimum absolute atomic E-state index is 0.541. The molecule has 8 heteroatoms. The molecule has 4 aromatic rings. The number of nitrogens with zero attached hydrogens (tertiary/aromatic N) is 4. The Balaban J connectivity index is 1.55. The maximum absolute atomic E-state index is 6.38. The van der Waals surface area contributed by atoms with Gasteiger partial charge in [0.25, 0.3) is 0 Å². The van der Waals surface area contributed by atoms with Gasteiger partial charge in [0.15, 0.2) is 11.0 Å². The van der Waals surface area contributed by atoms with Gasteiger partial charge in [0, 0.05) is 33.8 Å². The Labute approximate surface area is 193 Å². The third kappa shape index (κ3) is 4.62. The zero-order valence-corrected chi connectivity index (χ0v) is 19.3. The fourth-order valence-electron chi connectivity index (χ4n) is 2.98. The Hall–Kier alpha value is -2.12. The Bertz CT molecular complexity index is 1200. The monoisotopic (exact) mass is 472 g/mol. The molecule has 2 aromatic heterocycles. The predicted octanol–water partition coefficient (Wildman–Crippen LogP) is 7.16.